The lowest BCUT2D eigenvalue weighted by molar-refractivity contribution is 0.462. The van der Waals surface area contributed by atoms with Gasteiger partial charge in [0.2, 0.25) is 0 Å². The first-order valence-electron chi connectivity index (χ1n) is 10.7. The zero-order valence-electron chi connectivity index (χ0n) is 17.5. The average molecular weight is 423 g/mol. The minimum atomic E-state index is 0.447. The van der Waals surface area contributed by atoms with E-state index in [0.29, 0.717) is 12.6 Å². The van der Waals surface area contributed by atoms with Gasteiger partial charge in [0.25, 0.3) is 0 Å². The molecule has 1 saturated heterocycles. The molecular formula is C23H30N6S. The van der Waals surface area contributed by atoms with Crippen LogP contribution in [-0.4, -0.2) is 41.2 Å². The lowest BCUT2D eigenvalue weighted by atomic mass is 10.1. The molecule has 158 valence electrons. The zero-order chi connectivity index (χ0) is 20.6. The number of nitrogens with zero attached hydrogens (tertiary/aromatic N) is 4. The van der Waals surface area contributed by atoms with Crippen LogP contribution in [0.4, 0.5) is 5.00 Å². The van der Waals surface area contributed by atoms with E-state index in [9.17, 15) is 0 Å². The molecule has 1 aromatic carbocycles. The highest BCUT2D eigenvalue weighted by molar-refractivity contribution is 7.14. The van der Waals surface area contributed by atoms with Gasteiger partial charge in [0.15, 0.2) is 5.96 Å². The van der Waals surface area contributed by atoms with Crippen LogP contribution in [0.3, 0.4) is 0 Å². The van der Waals surface area contributed by atoms with Gasteiger partial charge in [-0.1, -0.05) is 30.3 Å². The van der Waals surface area contributed by atoms with E-state index in [2.05, 4.69) is 73.8 Å². The number of thiophene rings is 1. The maximum absolute atomic E-state index is 4.82. The largest absolute Gasteiger partial charge is 0.363 e. The van der Waals surface area contributed by atoms with Gasteiger partial charge in [0, 0.05) is 44.6 Å². The molecule has 2 N–H and O–H groups in total. The molecule has 1 aliphatic heterocycles. The molecule has 3 aromatic rings. The van der Waals surface area contributed by atoms with E-state index in [1.54, 1.807) is 0 Å². The third-order valence-corrected chi connectivity index (χ3v) is 6.30. The molecule has 7 heteroatoms. The molecule has 0 bridgehead atoms. The molecule has 4 rings (SSSR count). The second-order valence-electron chi connectivity index (χ2n) is 7.51. The van der Waals surface area contributed by atoms with Crippen molar-refractivity contribution in [2.24, 2.45) is 4.99 Å². The molecule has 0 amide bonds. The minimum Gasteiger partial charge on any atom is -0.363 e. The van der Waals surface area contributed by atoms with E-state index < -0.39 is 0 Å². The molecule has 6 nitrogen and oxygen atoms in total. The number of benzene rings is 1. The lowest BCUT2D eigenvalue weighted by Gasteiger charge is -2.33. The van der Waals surface area contributed by atoms with Crippen molar-refractivity contribution < 1.29 is 0 Å². The number of imidazole rings is 1. The summed E-state index contributed by atoms with van der Waals surface area (Å²) in [5.74, 6) is 1.85. The Labute approximate surface area is 182 Å². The first-order chi connectivity index (χ1) is 14.8. The van der Waals surface area contributed by atoms with Crippen LogP contribution in [0.15, 0.2) is 65.2 Å². The van der Waals surface area contributed by atoms with Gasteiger partial charge in [-0.3, -0.25) is 0 Å². The van der Waals surface area contributed by atoms with Crippen molar-refractivity contribution in [2.75, 3.05) is 24.5 Å². The van der Waals surface area contributed by atoms with E-state index in [1.807, 2.05) is 29.8 Å². The highest BCUT2D eigenvalue weighted by atomic mass is 32.1. The molecule has 0 aliphatic carbocycles. The first kappa shape index (κ1) is 20.5. The number of hydrogen-bond donors (Lipinski definition) is 2. The average Bonchev–Trinajstić information content (AvgIpc) is 3.46. The Kier molecular flexibility index (Phi) is 7.03. The van der Waals surface area contributed by atoms with Crippen LogP contribution in [0.1, 0.15) is 31.2 Å². The summed E-state index contributed by atoms with van der Waals surface area (Å²) in [5.41, 5.74) is 1.27. The number of anilines is 1. The summed E-state index contributed by atoms with van der Waals surface area (Å²) in [5, 5.41) is 10.5. The number of aromatic nitrogens is 2. The second-order valence-corrected chi connectivity index (χ2v) is 8.44. The molecule has 0 spiro atoms. The van der Waals surface area contributed by atoms with Gasteiger partial charge in [-0.15, -0.1) is 11.3 Å². The summed E-state index contributed by atoms with van der Waals surface area (Å²) >= 11 is 1.82. The standard InChI is InChI=1S/C23H30N6S/c1-2-24-23(27-20-10-13-28(14-11-20)22-9-6-16-30-22)26-17-21-25-12-15-29(21)18-19-7-4-3-5-8-19/h3-9,12,15-16,20H,2,10-11,13-14,17-18H2,1H3,(H2,24,26,27). The monoisotopic (exact) mass is 422 g/mol. The van der Waals surface area contributed by atoms with E-state index in [-0.39, 0.29) is 0 Å². The topological polar surface area (TPSA) is 57.5 Å². The number of piperidine rings is 1. The third-order valence-electron chi connectivity index (χ3n) is 5.37. The molecule has 1 fully saturated rings. The summed E-state index contributed by atoms with van der Waals surface area (Å²) < 4.78 is 2.17. The Morgan fingerprint density at radius 1 is 1.17 bits per heavy atom. The maximum atomic E-state index is 4.82. The van der Waals surface area contributed by atoms with Crippen molar-refractivity contribution in [1.29, 1.82) is 0 Å². The van der Waals surface area contributed by atoms with Crippen molar-refractivity contribution in [3.8, 4) is 0 Å². The van der Waals surface area contributed by atoms with E-state index in [0.717, 1.165) is 50.8 Å². The van der Waals surface area contributed by atoms with Gasteiger partial charge in [0.05, 0.1) is 5.00 Å². The van der Waals surface area contributed by atoms with Crippen LogP contribution in [0.2, 0.25) is 0 Å². The van der Waals surface area contributed by atoms with Crippen molar-refractivity contribution >= 4 is 22.3 Å². The predicted octanol–water partition coefficient (Wildman–Crippen LogP) is 3.72. The smallest absolute Gasteiger partial charge is 0.191 e. The van der Waals surface area contributed by atoms with Crippen molar-refractivity contribution in [2.45, 2.75) is 38.9 Å². The van der Waals surface area contributed by atoms with Gasteiger partial charge in [-0.25, -0.2) is 9.98 Å². The fraction of sp³-hybridized carbons (Fsp3) is 0.391. The van der Waals surface area contributed by atoms with Crippen LogP contribution in [-0.2, 0) is 13.1 Å². The lowest BCUT2D eigenvalue weighted by Crippen LogP contribution is -2.48. The van der Waals surface area contributed by atoms with Gasteiger partial charge < -0.3 is 20.1 Å². The summed E-state index contributed by atoms with van der Waals surface area (Å²) in [7, 11) is 0. The van der Waals surface area contributed by atoms with Gasteiger partial charge in [-0.05, 0) is 42.8 Å². The number of guanidine groups is 1. The van der Waals surface area contributed by atoms with Gasteiger partial charge in [-0.2, -0.15) is 0 Å². The Balaban J connectivity index is 1.34. The molecular weight excluding hydrogens is 392 g/mol. The summed E-state index contributed by atoms with van der Waals surface area (Å²) in [6.07, 6.45) is 6.11. The normalized spacial score (nSPS) is 15.4. The van der Waals surface area contributed by atoms with E-state index >= 15 is 0 Å². The number of nitrogens with one attached hydrogen (secondary N) is 2. The Morgan fingerprint density at radius 3 is 2.73 bits per heavy atom. The zero-order valence-corrected chi connectivity index (χ0v) is 18.3. The molecule has 1 aliphatic rings. The van der Waals surface area contributed by atoms with Crippen molar-refractivity contribution in [3.63, 3.8) is 0 Å². The molecule has 2 aromatic heterocycles. The number of rotatable bonds is 7. The van der Waals surface area contributed by atoms with E-state index in [1.165, 1.54) is 10.6 Å². The summed E-state index contributed by atoms with van der Waals surface area (Å²) in [4.78, 5) is 11.8. The number of hydrogen-bond acceptors (Lipinski definition) is 4. The summed E-state index contributed by atoms with van der Waals surface area (Å²) in [6, 6.07) is 15.2. The minimum absolute atomic E-state index is 0.447. The van der Waals surface area contributed by atoms with E-state index in [4.69, 9.17) is 4.99 Å². The Bertz CT molecular complexity index is 910. The van der Waals surface area contributed by atoms with Crippen LogP contribution in [0.5, 0.6) is 0 Å². The predicted molar refractivity (Wildman–Crippen MR) is 125 cm³/mol. The second kappa shape index (κ2) is 10.3. The quantitative estimate of drug-likeness (QED) is 0.450. The third kappa shape index (κ3) is 5.42. The fourth-order valence-electron chi connectivity index (χ4n) is 3.77. The highest BCUT2D eigenvalue weighted by Gasteiger charge is 2.20. The van der Waals surface area contributed by atoms with Crippen LogP contribution in [0, 0.1) is 0 Å². The summed E-state index contributed by atoms with van der Waals surface area (Å²) in [6.45, 7) is 6.49. The van der Waals surface area contributed by atoms with Gasteiger partial charge in [0.1, 0.15) is 12.4 Å². The SMILES string of the molecule is CCNC(=NCc1nccn1Cc1ccccc1)NC1CCN(c2cccs2)CC1. The fourth-order valence-corrected chi connectivity index (χ4v) is 4.56. The Hall–Kier alpha value is -2.80. The maximum Gasteiger partial charge on any atom is 0.191 e. The molecule has 0 atom stereocenters. The van der Waals surface area contributed by atoms with Crippen LogP contribution >= 0.6 is 11.3 Å². The van der Waals surface area contributed by atoms with Crippen LogP contribution < -0.4 is 15.5 Å². The molecule has 0 radical (unpaired) electrons. The van der Waals surface area contributed by atoms with Crippen LogP contribution in [0.25, 0.3) is 0 Å². The molecule has 30 heavy (non-hydrogen) atoms. The number of aliphatic imine (C=N–C) groups is 1. The molecule has 3 heterocycles. The molecule has 0 saturated carbocycles. The first-order valence-corrected chi connectivity index (χ1v) is 11.6. The Morgan fingerprint density at radius 2 is 2.00 bits per heavy atom. The van der Waals surface area contributed by atoms with Gasteiger partial charge >= 0.3 is 0 Å². The van der Waals surface area contributed by atoms with Crippen molar-refractivity contribution in [1.82, 2.24) is 20.2 Å². The highest BCUT2D eigenvalue weighted by Crippen LogP contribution is 2.24. The molecule has 0 unspecified atom stereocenters. The van der Waals surface area contributed by atoms with Crippen molar-refractivity contribution in [3.05, 3.63) is 71.6 Å².